The quantitative estimate of drug-likeness (QED) is 0.496. The van der Waals surface area contributed by atoms with Crippen molar-refractivity contribution in [3.05, 3.63) is 32.7 Å². The predicted molar refractivity (Wildman–Crippen MR) is 63.2 cm³/mol. The summed E-state index contributed by atoms with van der Waals surface area (Å²) in [6.45, 7) is 4.89. The molecule has 0 fully saturated rings. The molecule has 17 heavy (non-hydrogen) atoms. The van der Waals surface area contributed by atoms with Gasteiger partial charge in [0.2, 0.25) is 0 Å². The summed E-state index contributed by atoms with van der Waals surface area (Å²) < 4.78 is 4.90. The zero-order valence-electron chi connectivity index (χ0n) is 10.1. The Kier molecular flexibility index (Phi) is 3.67. The van der Waals surface area contributed by atoms with E-state index in [1.54, 1.807) is 13.8 Å². The summed E-state index contributed by atoms with van der Waals surface area (Å²) >= 11 is 0. The number of methoxy groups -OCH3 is 1. The van der Waals surface area contributed by atoms with Gasteiger partial charge in [-0.25, -0.2) is 4.98 Å². The first-order valence-corrected chi connectivity index (χ1v) is 4.95. The minimum atomic E-state index is -0.562. The Balaban J connectivity index is 3.68. The van der Waals surface area contributed by atoms with E-state index >= 15 is 0 Å². The molecule has 0 aromatic carbocycles. The van der Waals surface area contributed by atoms with Gasteiger partial charge in [0.05, 0.1) is 23.4 Å². The third-order valence-electron chi connectivity index (χ3n) is 2.40. The molecule has 0 radical (unpaired) electrons. The number of hydrogen-bond donors (Lipinski definition) is 1. The van der Waals surface area contributed by atoms with Crippen LogP contribution < -0.4 is 4.74 Å². The highest BCUT2D eigenvalue weighted by Crippen LogP contribution is 2.33. The van der Waals surface area contributed by atoms with Crippen molar-refractivity contribution in [1.29, 1.82) is 0 Å². The van der Waals surface area contributed by atoms with Crippen LogP contribution in [-0.2, 0) is 0 Å². The third-order valence-corrected chi connectivity index (χ3v) is 2.40. The van der Waals surface area contributed by atoms with Crippen molar-refractivity contribution in [3.8, 4) is 5.88 Å². The van der Waals surface area contributed by atoms with E-state index in [4.69, 9.17) is 4.74 Å². The smallest absolute Gasteiger partial charge is 0.338 e. The van der Waals surface area contributed by atoms with Crippen LogP contribution in [0.1, 0.15) is 23.7 Å². The molecule has 0 unspecified atom stereocenters. The second-order valence-electron chi connectivity index (χ2n) is 3.64. The number of hydrogen-bond acceptors (Lipinski definition) is 5. The molecule has 0 spiro atoms. The highest BCUT2D eigenvalue weighted by molar-refractivity contribution is 5.69. The first kappa shape index (κ1) is 13.0. The molecule has 6 nitrogen and oxygen atoms in total. The molecule has 0 aliphatic carbocycles. The van der Waals surface area contributed by atoms with Crippen LogP contribution >= 0.6 is 0 Å². The molecule has 0 aliphatic heterocycles. The SMILES string of the molecule is COc1nc(C)c(C)c(/C=C(/C)O)c1[N+](=O)[O-]. The predicted octanol–water partition coefficient (Wildman–Crippen LogP) is 2.53. The molecule has 1 aromatic heterocycles. The van der Waals surface area contributed by atoms with Gasteiger partial charge in [-0.3, -0.25) is 10.1 Å². The fraction of sp³-hybridized carbons (Fsp3) is 0.364. The molecular formula is C11H14N2O4. The fourth-order valence-electron chi connectivity index (χ4n) is 1.48. The normalized spacial score (nSPS) is 11.4. The van der Waals surface area contributed by atoms with Crippen molar-refractivity contribution >= 4 is 11.8 Å². The van der Waals surface area contributed by atoms with E-state index in [0.29, 0.717) is 16.8 Å². The standard InChI is InChI=1S/C11H14N2O4/c1-6(14)5-9-7(2)8(3)12-11(17-4)10(9)13(15)16/h5,14H,1-4H3/b6-5-. The van der Waals surface area contributed by atoms with Gasteiger partial charge >= 0.3 is 5.69 Å². The van der Waals surface area contributed by atoms with Gasteiger partial charge in [-0.15, -0.1) is 0 Å². The molecule has 6 heteroatoms. The summed E-state index contributed by atoms with van der Waals surface area (Å²) in [6.07, 6.45) is 1.34. The Morgan fingerprint density at radius 3 is 2.53 bits per heavy atom. The Morgan fingerprint density at radius 1 is 1.53 bits per heavy atom. The largest absolute Gasteiger partial charge is 0.513 e. The average Bonchev–Trinajstić information content (AvgIpc) is 2.23. The second-order valence-corrected chi connectivity index (χ2v) is 3.64. The number of aryl methyl sites for hydroxylation is 1. The summed E-state index contributed by atoms with van der Waals surface area (Å²) in [4.78, 5) is 14.5. The van der Waals surface area contributed by atoms with E-state index in [9.17, 15) is 15.2 Å². The summed E-state index contributed by atoms with van der Waals surface area (Å²) in [6, 6.07) is 0. The van der Waals surface area contributed by atoms with Crippen LogP contribution in [-0.4, -0.2) is 22.1 Å². The fourth-order valence-corrected chi connectivity index (χ4v) is 1.48. The monoisotopic (exact) mass is 238 g/mol. The Morgan fingerprint density at radius 2 is 2.12 bits per heavy atom. The minimum absolute atomic E-state index is 0.0103. The maximum absolute atomic E-state index is 11.0. The van der Waals surface area contributed by atoms with E-state index in [1.807, 2.05) is 0 Å². The number of allylic oxidation sites excluding steroid dienone is 1. The molecule has 0 saturated carbocycles. The lowest BCUT2D eigenvalue weighted by atomic mass is 10.1. The summed E-state index contributed by atoms with van der Waals surface area (Å²) in [5, 5.41) is 20.3. The van der Waals surface area contributed by atoms with Crippen molar-refractivity contribution in [2.75, 3.05) is 7.11 Å². The van der Waals surface area contributed by atoms with E-state index < -0.39 is 4.92 Å². The first-order chi connectivity index (χ1) is 7.88. The lowest BCUT2D eigenvalue weighted by Gasteiger charge is -2.09. The van der Waals surface area contributed by atoms with Crippen LogP contribution in [0.5, 0.6) is 5.88 Å². The molecule has 1 N–H and O–H groups in total. The Labute approximate surface area is 98.7 Å². The molecule has 92 valence electrons. The average molecular weight is 238 g/mol. The van der Waals surface area contributed by atoms with Crippen molar-refractivity contribution in [2.45, 2.75) is 20.8 Å². The van der Waals surface area contributed by atoms with E-state index in [-0.39, 0.29) is 17.3 Å². The zero-order chi connectivity index (χ0) is 13.2. The van der Waals surface area contributed by atoms with Gasteiger partial charge in [0, 0.05) is 5.69 Å². The molecule has 1 heterocycles. The number of nitro groups is 1. The number of nitrogens with zero attached hydrogens (tertiary/aromatic N) is 2. The van der Waals surface area contributed by atoms with Crippen LogP contribution in [0, 0.1) is 24.0 Å². The zero-order valence-corrected chi connectivity index (χ0v) is 10.1. The number of ether oxygens (including phenoxy) is 1. The highest BCUT2D eigenvalue weighted by atomic mass is 16.6. The van der Waals surface area contributed by atoms with Crippen LogP contribution in [0.3, 0.4) is 0 Å². The summed E-state index contributed by atoms with van der Waals surface area (Å²) in [5.74, 6) is -0.0607. The summed E-state index contributed by atoms with van der Waals surface area (Å²) in [5.41, 5.74) is 1.36. The van der Waals surface area contributed by atoms with Crippen LogP contribution in [0.25, 0.3) is 6.08 Å². The Bertz CT molecular complexity index is 491. The summed E-state index contributed by atoms with van der Waals surface area (Å²) in [7, 11) is 1.32. The number of aliphatic hydroxyl groups excluding tert-OH is 1. The number of aliphatic hydroxyl groups is 1. The van der Waals surface area contributed by atoms with Crippen molar-refractivity contribution in [3.63, 3.8) is 0 Å². The van der Waals surface area contributed by atoms with Crippen molar-refractivity contribution < 1.29 is 14.8 Å². The number of rotatable bonds is 3. The van der Waals surface area contributed by atoms with Crippen LogP contribution in [0.2, 0.25) is 0 Å². The lowest BCUT2D eigenvalue weighted by molar-refractivity contribution is -0.386. The van der Waals surface area contributed by atoms with Gasteiger partial charge < -0.3 is 9.84 Å². The van der Waals surface area contributed by atoms with Crippen molar-refractivity contribution in [1.82, 2.24) is 4.98 Å². The number of pyridine rings is 1. The minimum Gasteiger partial charge on any atom is -0.513 e. The molecule has 1 rings (SSSR count). The molecular weight excluding hydrogens is 224 g/mol. The third kappa shape index (κ3) is 2.52. The number of aromatic nitrogens is 1. The topological polar surface area (TPSA) is 85.5 Å². The second kappa shape index (κ2) is 4.82. The molecule has 0 bridgehead atoms. The molecule has 0 aliphatic rings. The van der Waals surface area contributed by atoms with E-state index in [1.165, 1.54) is 20.1 Å². The van der Waals surface area contributed by atoms with Gasteiger partial charge in [-0.2, -0.15) is 0 Å². The van der Waals surface area contributed by atoms with Gasteiger partial charge in [-0.1, -0.05) is 0 Å². The molecule has 0 saturated heterocycles. The molecule has 1 aromatic rings. The maximum atomic E-state index is 11.0. The van der Waals surface area contributed by atoms with E-state index in [0.717, 1.165) is 0 Å². The van der Waals surface area contributed by atoms with Crippen LogP contribution in [0.4, 0.5) is 5.69 Å². The first-order valence-electron chi connectivity index (χ1n) is 4.95. The highest BCUT2D eigenvalue weighted by Gasteiger charge is 2.24. The van der Waals surface area contributed by atoms with Gasteiger partial charge in [0.1, 0.15) is 0 Å². The molecule has 0 atom stereocenters. The van der Waals surface area contributed by atoms with Gasteiger partial charge in [-0.05, 0) is 32.4 Å². The van der Waals surface area contributed by atoms with Crippen molar-refractivity contribution in [2.24, 2.45) is 0 Å². The lowest BCUT2D eigenvalue weighted by Crippen LogP contribution is -2.03. The van der Waals surface area contributed by atoms with Crippen LogP contribution in [0.15, 0.2) is 5.76 Å². The molecule has 0 amide bonds. The van der Waals surface area contributed by atoms with E-state index in [2.05, 4.69) is 4.98 Å². The van der Waals surface area contributed by atoms with Gasteiger partial charge in [0.25, 0.3) is 5.88 Å². The van der Waals surface area contributed by atoms with Gasteiger partial charge in [0.15, 0.2) is 0 Å². The Hall–Kier alpha value is -2.11. The maximum Gasteiger partial charge on any atom is 0.338 e.